The zero-order chi connectivity index (χ0) is 16.1. The zero-order valence-electron chi connectivity index (χ0n) is 11.3. The molecule has 0 aromatic heterocycles. The van der Waals surface area contributed by atoms with Crippen molar-refractivity contribution in [1.82, 2.24) is 5.32 Å². The number of nitrogens with one attached hydrogen (secondary N) is 2. The molecule has 0 heterocycles. The molecule has 1 aromatic carbocycles. The maximum Gasteiger partial charge on any atom is 0.417 e. The van der Waals surface area contributed by atoms with Crippen molar-refractivity contribution in [3.8, 4) is 0 Å². The smallest absolute Gasteiger partial charge is 0.317 e. The van der Waals surface area contributed by atoms with E-state index in [2.05, 4.69) is 10.0 Å². The van der Waals surface area contributed by atoms with Crippen molar-refractivity contribution in [2.75, 3.05) is 23.6 Å². The average Bonchev–Trinajstić information content (AvgIpc) is 2.35. The van der Waals surface area contributed by atoms with E-state index in [1.54, 1.807) is 0 Å². The van der Waals surface area contributed by atoms with Gasteiger partial charge in [0.15, 0.2) is 0 Å². The summed E-state index contributed by atoms with van der Waals surface area (Å²) in [4.78, 5) is 0. The molecule has 0 amide bonds. The molecular weight excluding hydrogens is 329 g/mol. The van der Waals surface area contributed by atoms with E-state index in [4.69, 9.17) is 11.6 Å². The molecule has 0 bridgehead atoms. The Bertz CT molecular complexity index is 576. The Morgan fingerprint density at radius 2 is 1.95 bits per heavy atom. The van der Waals surface area contributed by atoms with E-state index in [9.17, 15) is 21.6 Å². The largest absolute Gasteiger partial charge is 0.417 e. The number of alkyl halides is 3. The van der Waals surface area contributed by atoms with Crippen molar-refractivity contribution < 1.29 is 21.6 Å². The molecule has 0 saturated carbocycles. The summed E-state index contributed by atoms with van der Waals surface area (Å²) in [5.41, 5.74) is -1.23. The molecule has 4 nitrogen and oxygen atoms in total. The highest BCUT2D eigenvalue weighted by molar-refractivity contribution is 7.92. The van der Waals surface area contributed by atoms with Crippen LogP contribution in [-0.2, 0) is 16.2 Å². The van der Waals surface area contributed by atoms with Crippen LogP contribution < -0.4 is 10.0 Å². The van der Waals surface area contributed by atoms with Crippen molar-refractivity contribution in [2.45, 2.75) is 19.5 Å². The lowest BCUT2D eigenvalue weighted by Crippen LogP contribution is -2.22. The highest BCUT2D eigenvalue weighted by Crippen LogP contribution is 2.36. The van der Waals surface area contributed by atoms with Gasteiger partial charge in [0.2, 0.25) is 10.0 Å². The van der Waals surface area contributed by atoms with Gasteiger partial charge in [-0.2, -0.15) is 13.2 Å². The standard InChI is InChI=1S/C12H16ClF3N2O2S/c1-2-17-6-3-7-21(19,20)18-9-4-5-11(13)10(8-9)12(14,15)16/h4-5,8,17-18H,2-3,6-7H2,1H3. The molecular formula is C12H16ClF3N2O2S. The third-order valence-electron chi connectivity index (χ3n) is 2.56. The van der Waals surface area contributed by atoms with Crippen LogP contribution in [0.3, 0.4) is 0 Å². The first-order valence-electron chi connectivity index (χ1n) is 6.23. The Kier molecular flexibility index (Phi) is 6.30. The number of hydrogen-bond acceptors (Lipinski definition) is 3. The van der Waals surface area contributed by atoms with Crippen molar-refractivity contribution >= 4 is 27.3 Å². The minimum atomic E-state index is -4.64. The molecule has 120 valence electrons. The van der Waals surface area contributed by atoms with Crippen LogP contribution >= 0.6 is 11.6 Å². The summed E-state index contributed by atoms with van der Waals surface area (Å²) in [6.45, 7) is 3.13. The summed E-state index contributed by atoms with van der Waals surface area (Å²) in [7, 11) is -3.69. The Labute approximate surface area is 126 Å². The molecule has 2 N–H and O–H groups in total. The summed E-state index contributed by atoms with van der Waals surface area (Å²) < 4.78 is 63.7. The maximum absolute atomic E-state index is 12.7. The molecule has 0 saturated heterocycles. The topological polar surface area (TPSA) is 58.2 Å². The summed E-state index contributed by atoms with van der Waals surface area (Å²) in [5.74, 6) is -0.177. The fourth-order valence-corrected chi connectivity index (χ4v) is 2.94. The fourth-order valence-electron chi connectivity index (χ4n) is 1.60. The van der Waals surface area contributed by atoms with Crippen LogP contribution in [0.4, 0.5) is 18.9 Å². The summed E-state index contributed by atoms with van der Waals surface area (Å²) in [6, 6.07) is 2.89. The Morgan fingerprint density at radius 1 is 1.29 bits per heavy atom. The number of halogens is 4. The van der Waals surface area contributed by atoms with Gasteiger partial charge in [-0.05, 0) is 37.7 Å². The minimum absolute atomic E-state index is 0.157. The Hall–Kier alpha value is -0.990. The van der Waals surface area contributed by atoms with Crippen LogP contribution in [0.5, 0.6) is 0 Å². The Morgan fingerprint density at radius 3 is 2.52 bits per heavy atom. The normalized spacial score (nSPS) is 12.4. The number of sulfonamides is 1. The minimum Gasteiger partial charge on any atom is -0.317 e. The van der Waals surface area contributed by atoms with Gasteiger partial charge in [-0.15, -0.1) is 0 Å². The first-order valence-corrected chi connectivity index (χ1v) is 8.26. The van der Waals surface area contributed by atoms with E-state index < -0.39 is 26.8 Å². The quantitative estimate of drug-likeness (QED) is 0.747. The predicted octanol–water partition coefficient (Wildman–Crippen LogP) is 3.10. The summed E-state index contributed by atoms with van der Waals surface area (Å²) in [6.07, 6.45) is -4.27. The number of benzene rings is 1. The van der Waals surface area contributed by atoms with Crippen LogP contribution in [0.1, 0.15) is 18.9 Å². The lowest BCUT2D eigenvalue weighted by molar-refractivity contribution is -0.137. The second-order valence-electron chi connectivity index (χ2n) is 4.32. The molecule has 9 heteroatoms. The third-order valence-corrected chi connectivity index (χ3v) is 4.26. The van der Waals surface area contributed by atoms with Crippen molar-refractivity contribution in [3.63, 3.8) is 0 Å². The molecule has 0 fully saturated rings. The van der Waals surface area contributed by atoms with Crippen LogP contribution in [-0.4, -0.2) is 27.3 Å². The maximum atomic E-state index is 12.7. The fraction of sp³-hybridized carbons (Fsp3) is 0.500. The molecule has 0 unspecified atom stereocenters. The molecule has 0 spiro atoms. The van der Waals surface area contributed by atoms with Gasteiger partial charge in [0.05, 0.1) is 16.3 Å². The highest BCUT2D eigenvalue weighted by atomic mass is 35.5. The van der Waals surface area contributed by atoms with Gasteiger partial charge >= 0.3 is 6.18 Å². The van der Waals surface area contributed by atoms with E-state index in [-0.39, 0.29) is 11.4 Å². The number of hydrogen-bond donors (Lipinski definition) is 2. The lowest BCUT2D eigenvalue weighted by atomic mass is 10.2. The van der Waals surface area contributed by atoms with Gasteiger partial charge in [0.1, 0.15) is 0 Å². The van der Waals surface area contributed by atoms with Gasteiger partial charge in [0, 0.05) is 5.69 Å². The average molecular weight is 345 g/mol. The molecule has 0 aliphatic heterocycles. The predicted molar refractivity (Wildman–Crippen MR) is 77.0 cm³/mol. The highest BCUT2D eigenvalue weighted by Gasteiger charge is 2.33. The van der Waals surface area contributed by atoms with Gasteiger partial charge in [0.25, 0.3) is 0 Å². The van der Waals surface area contributed by atoms with Crippen LogP contribution in [0, 0.1) is 0 Å². The molecule has 0 aliphatic rings. The summed E-state index contributed by atoms with van der Waals surface area (Å²) >= 11 is 5.46. The zero-order valence-corrected chi connectivity index (χ0v) is 12.9. The van der Waals surface area contributed by atoms with Crippen molar-refractivity contribution in [2.24, 2.45) is 0 Å². The van der Waals surface area contributed by atoms with Crippen LogP contribution in [0.25, 0.3) is 0 Å². The lowest BCUT2D eigenvalue weighted by Gasteiger charge is -2.12. The second kappa shape index (κ2) is 7.33. The van der Waals surface area contributed by atoms with Gasteiger partial charge in [-0.25, -0.2) is 8.42 Å². The third kappa shape index (κ3) is 6.11. The van der Waals surface area contributed by atoms with Gasteiger partial charge in [-0.3, -0.25) is 4.72 Å². The molecule has 1 aromatic rings. The van der Waals surface area contributed by atoms with Gasteiger partial charge < -0.3 is 5.32 Å². The molecule has 0 atom stereocenters. The van der Waals surface area contributed by atoms with E-state index in [0.29, 0.717) is 19.0 Å². The van der Waals surface area contributed by atoms with Crippen LogP contribution in [0.2, 0.25) is 5.02 Å². The molecule has 21 heavy (non-hydrogen) atoms. The van der Waals surface area contributed by atoms with Crippen molar-refractivity contribution in [3.05, 3.63) is 28.8 Å². The molecule has 0 aliphatic carbocycles. The monoisotopic (exact) mass is 344 g/mol. The molecule has 1 rings (SSSR count). The SMILES string of the molecule is CCNCCCS(=O)(=O)Nc1ccc(Cl)c(C(F)(F)F)c1. The number of anilines is 1. The van der Waals surface area contributed by atoms with E-state index in [1.807, 2.05) is 6.92 Å². The van der Waals surface area contributed by atoms with E-state index >= 15 is 0 Å². The Balaban J connectivity index is 2.79. The van der Waals surface area contributed by atoms with Crippen LogP contribution in [0.15, 0.2) is 18.2 Å². The van der Waals surface area contributed by atoms with Crippen molar-refractivity contribution in [1.29, 1.82) is 0 Å². The van der Waals surface area contributed by atoms with E-state index in [1.165, 1.54) is 6.07 Å². The second-order valence-corrected chi connectivity index (χ2v) is 6.57. The van der Waals surface area contributed by atoms with E-state index in [0.717, 1.165) is 12.6 Å². The first kappa shape index (κ1) is 18.1. The summed E-state index contributed by atoms with van der Waals surface area (Å²) in [5, 5.41) is 2.49. The number of rotatable bonds is 7. The molecule has 0 radical (unpaired) electrons. The van der Waals surface area contributed by atoms with Gasteiger partial charge in [-0.1, -0.05) is 18.5 Å². The first-order chi connectivity index (χ1) is 9.65.